The van der Waals surface area contributed by atoms with Gasteiger partial charge in [-0.3, -0.25) is 0 Å². The predicted molar refractivity (Wildman–Crippen MR) is 70.1 cm³/mol. The summed E-state index contributed by atoms with van der Waals surface area (Å²) in [5.74, 6) is 1.87. The van der Waals surface area contributed by atoms with Crippen molar-refractivity contribution in [3.8, 4) is 0 Å². The molecule has 2 unspecified atom stereocenters. The van der Waals surface area contributed by atoms with Crippen LogP contribution in [0.4, 0.5) is 0 Å². The third-order valence-electron chi connectivity index (χ3n) is 2.94. The Kier molecular flexibility index (Phi) is 10.4. The van der Waals surface area contributed by atoms with Crippen LogP contribution in [0.3, 0.4) is 0 Å². The molecule has 0 heterocycles. The molecule has 1 heteroatoms. The first kappa shape index (κ1) is 14.5. The molecular weight excluding hydrogens is 236 g/mol. The highest BCUT2D eigenvalue weighted by atomic mass is 79.9. The number of hydrogen-bond acceptors (Lipinski definition) is 0. The summed E-state index contributed by atoms with van der Waals surface area (Å²) in [7, 11) is 0. The topological polar surface area (TPSA) is 0 Å². The van der Waals surface area contributed by atoms with E-state index in [9.17, 15) is 0 Å². The van der Waals surface area contributed by atoms with Gasteiger partial charge in [0.2, 0.25) is 0 Å². The number of hydrogen-bond donors (Lipinski definition) is 0. The maximum atomic E-state index is 3.48. The van der Waals surface area contributed by atoms with Crippen LogP contribution in [0.25, 0.3) is 0 Å². The van der Waals surface area contributed by atoms with Crippen molar-refractivity contribution in [1.29, 1.82) is 0 Å². The third kappa shape index (κ3) is 9.05. The molecule has 0 aliphatic rings. The summed E-state index contributed by atoms with van der Waals surface area (Å²) < 4.78 is 0. The summed E-state index contributed by atoms with van der Waals surface area (Å²) in [4.78, 5) is 0. The fourth-order valence-corrected chi connectivity index (χ4v) is 2.46. The second kappa shape index (κ2) is 10.0. The Bertz CT molecular complexity index is 112. The molecule has 0 bridgehead atoms. The van der Waals surface area contributed by atoms with Gasteiger partial charge in [-0.25, -0.2) is 0 Å². The molecule has 0 saturated heterocycles. The summed E-state index contributed by atoms with van der Waals surface area (Å²) in [6.45, 7) is 7.11. The van der Waals surface area contributed by atoms with Gasteiger partial charge in [-0.1, -0.05) is 68.8 Å². The average molecular weight is 263 g/mol. The van der Waals surface area contributed by atoms with Gasteiger partial charge in [0, 0.05) is 5.33 Å². The van der Waals surface area contributed by atoms with Crippen LogP contribution in [0.15, 0.2) is 0 Å². The quantitative estimate of drug-likeness (QED) is 0.385. The van der Waals surface area contributed by atoms with E-state index >= 15 is 0 Å². The second-order valence-electron chi connectivity index (χ2n) is 4.77. The summed E-state index contributed by atoms with van der Waals surface area (Å²) in [5.41, 5.74) is 0. The minimum absolute atomic E-state index is 0.931. The van der Waals surface area contributed by atoms with Crippen molar-refractivity contribution >= 4 is 15.9 Å². The van der Waals surface area contributed by atoms with Crippen LogP contribution in [0.5, 0.6) is 0 Å². The molecule has 0 amide bonds. The van der Waals surface area contributed by atoms with Crippen molar-refractivity contribution in [2.75, 3.05) is 5.33 Å². The molecule has 0 fully saturated rings. The van der Waals surface area contributed by atoms with Gasteiger partial charge in [0.1, 0.15) is 0 Å². The highest BCUT2D eigenvalue weighted by Gasteiger charge is 2.07. The van der Waals surface area contributed by atoms with E-state index in [0.717, 1.165) is 11.8 Å². The van der Waals surface area contributed by atoms with Crippen LogP contribution in [-0.4, -0.2) is 5.33 Å². The van der Waals surface area contributed by atoms with E-state index in [1.807, 2.05) is 0 Å². The lowest BCUT2D eigenvalue weighted by Crippen LogP contribution is -2.03. The lowest BCUT2D eigenvalue weighted by atomic mass is 9.90. The lowest BCUT2D eigenvalue weighted by molar-refractivity contribution is 0.364. The highest BCUT2D eigenvalue weighted by Crippen LogP contribution is 2.21. The number of halogens is 1. The number of rotatable bonds is 9. The molecule has 0 nitrogen and oxygen atoms in total. The molecule has 0 aliphatic heterocycles. The normalized spacial score (nSPS) is 15.4. The Hall–Kier alpha value is 0.480. The molecule has 0 N–H and O–H groups in total. The maximum absolute atomic E-state index is 3.48. The van der Waals surface area contributed by atoms with E-state index in [4.69, 9.17) is 0 Å². The van der Waals surface area contributed by atoms with E-state index in [1.165, 1.54) is 50.3 Å². The maximum Gasteiger partial charge on any atom is 0.00313 e. The van der Waals surface area contributed by atoms with Crippen LogP contribution in [0.1, 0.15) is 65.7 Å². The second-order valence-corrected chi connectivity index (χ2v) is 5.57. The van der Waals surface area contributed by atoms with Crippen LogP contribution in [-0.2, 0) is 0 Å². The van der Waals surface area contributed by atoms with Crippen LogP contribution in [0, 0.1) is 11.8 Å². The van der Waals surface area contributed by atoms with Crippen LogP contribution in [0.2, 0.25) is 0 Å². The van der Waals surface area contributed by atoms with Gasteiger partial charge in [-0.05, 0) is 24.7 Å². The first-order chi connectivity index (χ1) is 6.70. The molecule has 0 aromatic carbocycles. The van der Waals surface area contributed by atoms with E-state index in [0.29, 0.717) is 0 Å². The predicted octanol–water partition coefficient (Wildman–Crippen LogP) is 5.40. The minimum atomic E-state index is 0.931. The van der Waals surface area contributed by atoms with E-state index in [2.05, 4.69) is 36.7 Å². The van der Waals surface area contributed by atoms with E-state index in [1.54, 1.807) is 0 Å². The highest BCUT2D eigenvalue weighted by molar-refractivity contribution is 9.09. The van der Waals surface area contributed by atoms with Gasteiger partial charge < -0.3 is 0 Å². The largest absolute Gasteiger partial charge is 0.0928 e. The summed E-state index contributed by atoms with van der Waals surface area (Å²) in [6, 6.07) is 0. The summed E-state index contributed by atoms with van der Waals surface area (Å²) in [5, 5.41) is 1.17. The average Bonchev–Trinajstić information content (AvgIpc) is 2.15. The number of alkyl halides is 1. The molecule has 86 valence electrons. The Morgan fingerprint density at radius 1 is 0.929 bits per heavy atom. The fourth-order valence-electron chi connectivity index (χ4n) is 2.06. The first-order valence-electron chi connectivity index (χ1n) is 6.26. The lowest BCUT2D eigenvalue weighted by Gasteiger charge is -2.16. The van der Waals surface area contributed by atoms with Gasteiger partial charge in [-0.15, -0.1) is 0 Å². The Balaban J connectivity index is 3.35. The van der Waals surface area contributed by atoms with Crippen molar-refractivity contribution in [3.05, 3.63) is 0 Å². The smallest absolute Gasteiger partial charge is 0.00313 e. The third-order valence-corrected chi connectivity index (χ3v) is 3.50. The molecule has 0 aromatic heterocycles. The van der Waals surface area contributed by atoms with Crippen molar-refractivity contribution < 1.29 is 0 Å². The zero-order valence-corrected chi connectivity index (χ0v) is 11.8. The molecule has 2 atom stereocenters. The van der Waals surface area contributed by atoms with Gasteiger partial charge in [0.15, 0.2) is 0 Å². The standard InChI is InChI=1S/C13H27Br/c1-4-5-8-12(2)11-13(3)9-6-7-10-14/h12-13H,4-11H2,1-3H3. The molecule has 0 aromatic rings. The van der Waals surface area contributed by atoms with Gasteiger partial charge in [0.05, 0.1) is 0 Å². The van der Waals surface area contributed by atoms with Gasteiger partial charge >= 0.3 is 0 Å². The van der Waals surface area contributed by atoms with Crippen LogP contribution >= 0.6 is 15.9 Å². The number of unbranched alkanes of at least 4 members (excludes halogenated alkanes) is 2. The van der Waals surface area contributed by atoms with Gasteiger partial charge in [-0.2, -0.15) is 0 Å². The van der Waals surface area contributed by atoms with Crippen molar-refractivity contribution in [1.82, 2.24) is 0 Å². The van der Waals surface area contributed by atoms with E-state index in [-0.39, 0.29) is 0 Å². The van der Waals surface area contributed by atoms with Crippen molar-refractivity contribution in [2.24, 2.45) is 11.8 Å². The zero-order valence-electron chi connectivity index (χ0n) is 10.2. The Morgan fingerprint density at radius 2 is 1.50 bits per heavy atom. The Labute approximate surface area is 99.0 Å². The van der Waals surface area contributed by atoms with E-state index < -0.39 is 0 Å². The molecular formula is C13H27Br. The van der Waals surface area contributed by atoms with Gasteiger partial charge in [0.25, 0.3) is 0 Å². The zero-order chi connectivity index (χ0) is 10.8. The van der Waals surface area contributed by atoms with Crippen LogP contribution < -0.4 is 0 Å². The molecule has 0 radical (unpaired) electrons. The first-order valence-corrected chi connectivity index (χ1v) is 7.38. The van der Waals surface area contributed by atoms with Crippen molar-refractivity contribution in [2.45, 2.75) is 65.7 Å². The molecule has 0 rings (SSSR count). The molecule has 0 spiro atoms. The summed E-state index contributed by atoms with van der Waals surface area (Å²) >= 11 is 3.48. The minimum Gasteiger partial charge on any atom is -0.0928 e. The SMILES string of the molecule is CCCCC(C)CC(C)CCCCBr. The molecule has 0 aliphatic carbocycles. The molecule has 0 saturated carbocycles. The summed E-state index contributed by atoms with van der Waals surface area (Å²) in [6.07, 6.45) is 9.78. The Morgan fingerprint density at radius 3 is 2.00 bits per heavy atom. The van der Waals surface area contributed by atoms with Crippen molar-refractivity contribution in [3.63, 3.8) is 0 Å². The monoisotopic (exact) mass is 262 g/mol. The molecule has 14 heavy (non-hydrogen) atoms. The fraction of sp³-hybridized carbons (Fsp3) is 1.00.